The number of hydrogen-bond donors (Lipinski definition) is 1. The maximum Gasteiger partial charge on any atom is 0.323 e. The van der Waals surface area contributed by atoms with Gasteiger partial charge in [0, 0.05) is 26.7 Å². The summed E-state index contributed by atoms with van der Waals surface area (Å²) < 4.78 is 4.97. The Labute approximate surface area is 102 Å². The van der Waals surface area contributed by atoms with E-state index in [1.807, 2.05) is 6.92 Å². The third kappa shape index (κ3) is 5.68. The van der Waals surface area contributed by atoms with Crippen molar-refractivity contribution in [1.82, 2.24) is 4.90 Å². The number of rotatable bonds is 8. The van der Waals surface area contributed by atoms with Crippen LogP contribution in [0, 0.1) is 11.8 Å². The lowest BCUT2D eigenvalue weighted by atomic mass is 10.1. The number of carboxylic acid groups (broad SMARTS) is 1. The molecule has 1 atom stereocenters. The van der Waals surface area contributed by atoms with Crippen molar-refractivity contribution in [3.63, 3.8) is 0 Å². The van der Waals surface area contributed by atoms with Crippen molar-refractivity contribution >= 4 is 11.9 Å². The van der Waals surface area contributed by atoms with Gasteiger partial charge in [-0.05, 0) is 24.7 Å². The van der Waals surface area contributed by atoms with Crippen molar-refractivity contribution in [3.8, 4) is 0 Å². The van der Waals surface area contributed by atoms with Crippen molar-refractivity contribution in [1.29, 1.82) is 0 Å². The van der Waals surface area contributed by atoms with Crippen molar-refractivity contribution < 1.29 is 19.4 Å². The summed E-state index contributed by atoms with van der Waals surface area (Å²) in [5.74, 6) is -0.388. The van der Waals surface area contributed by atoms with Crippen LogP contribution in [0.2, 0.25) is 0 Å². The Hall–Kier alpha value is -1.10. The predicted molar refractivity (Wildman–Crippen MR) is 62.6 cm³/mol. The van der Waals surface area contributed by atoms with Crippen LogP contribution < -0.4 is 0 Å². The van der Waals surface area contributed by atoms with Crippen LogP contribution >= 0.6 is 0 Å². The van der Waals surface area contributed by atoms with Crippen molar-refractivity contribution in [2.24, 2.45) is 11.8 Å². The predicted octanol–water partition coefficient (Wildman–Crippen LogP) is 0.982. The van der Waals surface area contributed by atoms with E-state index < -0.39 is 5.97 Å². The number of carboxylic acids is 1. The van der Waals surface area contributed by atoms with E-state index in [1.54, 1.807) is 7.11 Å². The molecule has 17 heavy (non-hydrogen) atoms. The summed E-state index contributed by atoms with van der Waals surface area (Å²) in [6.45, 7) is 2.85. The van der Waals surface area contributed by atoms with Crippen molar-refractivity contribution in [3.05, 3.63) is 0 Å². The first-order valence-electron chi connectivity index (χ1n) is 6.01. The van der Waals surface area contributed by atoms with Gasteiger partial charge in [0.1, 0.15) is 6.54 Å². The fourth-order valence-electron chi connectivity index (χ4n) is 1.80. The molecule has 1 fully saturated rings. The van der Waals surface area contributed by atoms with E-state index in [1.165, 1.54) is 4.90 Å². The molecule has 1 N–H and O–H groups in total. The standard InChI is InChI=1S/C12H21NO4/c1-9(8-17-2)5-11(14)13(7-12(15)16)6-10-3-4-10/h9-10H,3-8H2,1-2H3,(H,15,16). The molecule has 0 aromatic rings. The Morgan fingerprint density at radius 1 is 1.47 bits per heavy atom. The minimum atomic E-state index is -0.946. The van der Waals surface area contributed by atoms with Gasteiger partial charge in [0.25, 0.3) is 0 Å². The Kier molecular flexibility index (Phi) is 5.41. The van der Waals surface area contributed by atoms with E-state index in [4.69, 9.17) is 9.84 Å². The average Bonchev–Trinajstić information content (AvgIpc) is 3.00. The first-order valence-corrected chi connectivity index (χ1v) is 6.01. The summed E-state index contributed by atoms with van der Waals surface area (Å²) in [4.78, 5) is 24.1. The lowest BCUT2D eigenvalue weighted by Gasteiger charge is -2.22. The van der Waals surface area contributed by atoms with Gasteiger partial charge in [0.15, 0.2) is 0 Å². The summed E-state index contributed by atoms with van der Waals surface area (Å²) in [6, 6.07) is 0. The van der Waals surface area contributed by atoms with E-state index in [-0.39, 0.29) is 18.4 Å². The van der Waals surface area contributed by atoms with Crippen LogP contribution in [0.4, 0.5) is 0 Å². The van der Waals surface area contributed by atoms with Crippen molar-refractivity contribution in [2.75, 3.05) is 26.8 Å². The highest BCUT2D eigenvalue weighted by atomic mass is 16.5. The molecule has 1 aliphatic rings. The summed E-state index contributed by atoms with van der Waals surface area (Å²) in [7, 11) is 1.60. The molecule has 5 nitrogen and oxygen atoms in total. The van der Waals surface area contributed by atoms with Crippen LogP contribution in [-0.2, 0) is 14.3 Å². The minimum absolute atomic E-state index is 0.0798. The van der Waals surface area contributed by atoms with E-state index in [2.05, 4.69) is 0 Å². The Balaban J connectivity index is 2.42. The minimum Gasteiger partial charge on any atom is -0.480 e. The van der Waals surface area contributed by atoms with Crippen LogP contribution in [0.5, 0.6) is 0 Å². The molecule has 1 aliphatic carbocycles. The highest BCUT2D eigenvalue weighted by Gasteiger charge is 2.28. The van der Waals surface area contributed by atoms with Crippen LogP contribution in [0.15, 0.2) is 0 Å². The van der Waals surface area contributed by atoms with E-state index >= 15 is 0 Å². The topological polar surface area (TPSA) is 66.8 Å². The number of amides is 1. The van der Waals surface area contributed by atoms with Crippen molar-refractivity contribution in [2.45, 2.75) is 26.2 Å². The Morgan fingerprint density at radius 2 is 2.12 bits per heavy atom. The maximum absolute atomic E-state index is 11.9. The second kappa shape index (κ2) is 6.59. The number of carbonyl (C=O) groups excluding carboxylic acids is 1. The van der Waals surface area contributed by atoms with Gasteiger partial charge in [-0.15, -0.1) is 0 Å². The maximum atomic E-state index is 11.9. The number of aliphatic carboxylic acids is 1. The molecule has 0 saturated heterocycles. The number of carbonyl (C=O) groups is 2. The smallest absolute Gasteiger partial charge is 0.323 e. The first kappa shape index (κ1) is 14.0. The zero-order chi connectivity index (χ0) is 12.8. The number of hydrogen-bond acceptors (Lipinski definition) is 3. The second-order valence-corrected chi connectivity index (χ2v) is 4.88. The number of methoxy groups -OCH3 is 1. The molecule has 1 amide bonds. The average molecular weight is 243 g/mol. The van der Waals surface area contributed by atoms with Gasteiger partial charge in [-0.25, -0.2) is 0 Å². The van der Waals surface area contributed by atoms with Crippen LogP contribution in [0.3, 0.4) is 0 Å². The zero-order valence-electron chi connectivity index (χ0n) is 10.5. The molecule has 1 saturated carbocycles. The van der Waals surface area contributed by atoms with Gasteiger partial charge in [-0.3, -0.25) is 9.59 Å². The fraction of sp³-hybridized carbons (Fsp3) is 0.833. The molecule has 0 spiro atoms. The number of nitrogens with zero attached hydrogens (tertiary/aromatic N) is 1. The summed E-state index contributed by atoms with van der Waals surface area (Å²) >= 11 is 0. The van der Waals surface area contributed by atoms with Gasteiger partial charge in [-0.1, -0.05) is 6.92 Å². The van der Waals surface area contributed by atoms with Gasteiger partial charge < -0.3 is 14.7 Å². The van der Waals surface area contributed by atoms with Gasteiger partial charge >= 0.3 is 5.97 Å². The molecule has 1 rings (SSSR count). The Morgan fingerprint density at radius 3 is 2.59 bits per heavy atom. The molecule has 0 aromatic carbocycles. The normalized spacial score (nSPS) is 16.6. The van der Waals surface area contributed by atoms with Crippen LogP contribution in [0.1, 0.15) is 26.2 Å². The van der Waals surface area contributed by atoms with Crippen LogP contribution in [-0.4, -0.2) is 48.7 Å². The second-order valence-electron chi connectivity index (χ2n) is 4.88. The largest absolute Gasteiger partial charge is 0.480 e. The van der Waals surface area contributed by atoms with Gasteiger partial charge in [0.05, 0.1) is 0 Å². The van der Waals surface area contributed by atoms with E-state index in [9.17, 15) is 9.59 Å². The molecule has 0 aromatic heterocycles. The third-order valence-electron chi connectivity index (χ3n) is 2.83. The van der Waals surface area contributed by atoms with E-state index in [0.29, 0.717) is 25.5 Å². The quantitative estimate of drug-likeness (QED) is 0.690. The molecule has 0 aliphatic heterocycles. The first-order chi connectivity index (χ1) is 8.02. The summed E-state index contributed by atoms with van der Waals surface area (Å²) in [6.07, 6.45) is 2.57. The lowest BCUT2D eigenvalue weighted by Crippen LogP contribution is -2.38. The molecule has 0 bridgehead atoms. The Bertz CT molecular complexity index is 276. The highest BCUT2D eigenvalue weighted by molar-refractivity contribution is 5.81. The summed E-state index contributed by atoms with van der Waals surface area (Å²) in [5.41, 5.74) is 0. The molecule has 0 heterocycles. The fourth-order valence-corrected chi connectivity index (χ4v) is 1.80. The molecule has 98 valence electrons. The molecular formula is C12H21NO4. The highest BCUT2D eigenvalue weighted by Crippen LogP contribution is 2.30. The molecule has 5 heteroatoms. The third-order valence-corrected chi connectivity index (χ3v) is 2.83. The monoisotopic (exact) mass is 243 g/mol. The summed E-state index contributed by atoms with van der Waals surface area (Å²) in [5, 5.41) is 8.78. The van der Waals surface area contributed by atoms with Gasteiger partial charge in [0.2, 0.25) is 5.91 Å². The SMILES string of the molecule is COCC(C)CC(=O)N(CC(=O)O)CC1CC1. The molecular weight excluding hydrogens is 222 g/mol. The molecule has 1 unspecified atom stereocenters. The zero-order valence-corrected chi connectivity index (χ0v) is 10.5. The number of ether oxygens (including phenoxy) is 1. The molecule has 0 radical (unpaired) electrons. The van der Waals surface area contributed by atoms with Gasteiger partial charge in [-0.2, -0.15) is 0 Å². The lowest BCUT2D eigenvalue weighted by molar-refractivity contribution is -0.145. The van der Waals surface area contributed by atoms with Crippen LogP contribution in [0.25, 0.3) is 0 Å². The van der Waals surface area contributed by atoms with E-state index in [0.717, 1.165) is 12.8 Å².